The van der Waals surface area contributed by atoms with Crippen LogP contribution in [0.1, 0.15) is 28.4 Å². The summed E-state index contributed by atoms with van der Waals surface area (Å²) in [5.74, 6) is -0.218. The second-order valence-corrected chi connectivity index (χ2v) is 3.86. The molecule has 0 aliphatic carbocycles. The van der Waals surface area contributed by atoms with E-state index in [2.05, 4.69) is 5.32 Å². The van der Waals surface area contributed by atoms with Crippen LogP contribution in [0.15, 0.2) is 12.1 Å². The molecule has 4 heteroatoms. The first-order chi connectivity index (χ1) is 8.07. The van der Waals surface area contributed by atoms with E-state index in [-0.39, 0.29) is 11.7 Å². The molecular weight excluding hydrogens is 218 g/mol. The van der Waals surface area contributed by atoms with Gasteiger partial charge in [0.25, 0.3) is 5.91 Å². The quantitative estimate of drug-likeness (QED) is 0.767. The third-order valence-corrected chi connectivity index (χ3v) is 2.68. The van der Waals surface area contributed by atoms with Crippen molar-refractivity contribution in [3.8, 4) is 5.75 Å². The van der Waals surface area contributed by atoms with E-state index in [1.165, 1.54) is 0 Å². The number of aromatic hydroxyl groups is 1. The van der Waals surface area contributed by atoms with Crippen molar-refractivity contribution in [1.29, 1.82) is 0 Å². The summed E-state index contributed by atoms with van der Waals surface area (Å²) in [4.78, 5) is 11.8. The SMILES string of the molecule is CCOCCNC(=O)c1ccc(C)c(C)c1O. The zero-order chi connectivity index (χ0) is 12.8. The fourth-order valence-electron chi connectivity index (χ4n) is 1.46. The first kappa shape index (κ1) is 13.5. The molecule has 1 aromatic rings. The van der Waals surface area contributed by atoms with Crippen LogP contribution in [-0.4, -0.2) is 30.8 Å². The lowest BCUT2D eigenvalue weighted by atomic mass is 10.0. The lowest BCUT2D eigenvalue weighted by molar-refractivity contribution is 0.0920. The number of carbonyl (C=O) groups excluding carboxylic acids is 1. The number of hydrogen-bond acceptors (Lipinski definition) is 3. The van der Waals surface area contributed by atoms with Gasteiger partial charge in [0, 0.05) is 13.2 Å². The molecule has 0 atom stereocenters. The molecule has 1 amide bonds. The molecule has 0 bridgehead atoms. The molecule has 1 aromatic carbocycles. The Bertz CT molecular complexity index is 402. The summed E-state index contributed by atoms with van der Waals surface area (Å²) in [5, 5.41) is 12.6. The molecule has 0 aliphatic rings. The predicted octanol–water partition coefficient (Wildman–Crippen LogP) is 1.78. The van der Waals surface area contributed by atoms with Crippen LogP contribution in [-0.2, 0) is 4.74 Å². The average molecular weight is 237 g/mol. The van der Waals surface area contributed by atoms with Crippen LogP contribution in [0, 0.1) is 13.8 Å². The highest BCUT2D eigenvalue weighted by molar-refractivity contribution is 5.97. The van der Waals surface area contributed by atoms with E-state index in [0.29, 0.717) is 25.3 Å². The topological polar surface area (TPSA) is 58.6 Å². The van der Waals surface area contributed by atoms with Gasteiger partial charge >= 0.3 is 0 Å². The highest BCUT2D eigenvalue weighted by atomic mass is 16.5. The van der Waals surface area contributed by atoms with Crippen molar-refractivity contribution in [2.45, 2.75) is 20.8 Å². The van der Waals surface area contributed by atoms with E-state index < -0.39 is 0 Å². The zero-order valence-corrected chi connectivity index (χ0v) is 10.5. The van der Waals surface area contributed by atoms with Crippen molar-refractivity contribution in [2.75, 3.05) is 19.8 Å². The lowest BCUT2D eigenvalue weighted by Crippen LogP contribution is -2.27. The van der Waals surface area contributed by atoms with Gasteiger partial charge in [0.05, 0.1) is 12.2 Å². The summed E-state index contributed by atoms with van der Waals surface area (Å²) in [7, 11) is 0. The summed E-state index contributed by atoms with van der Waals surface area (Å²) in [5.41, 5.74) is 2.01. The summed E-state index contributed by atoms with van der Waals surface area (Å²) in [6.45, 7) is 7.14. The number of carbonyl (C=O) groups is 1. The van der Waals surface area contributed by atoms with Gasteiger partial charge in [-0.15, -0.1) is 0 Å². The van der Waals surface area contributed by atoms with E-state index in [9.17, 15) is 9.90 Å². The van der Waals surface area contributed by atoms with Crippen LogP contribution in [0.3, 0.4) is 0 Å². The van der Waals surface area contributed by atoms with Crippen LogP contribution >= 0.6 is 0 Å². The number of rotatable bonds is 5. The Morgan fingerprint density at radius 3 is 2.76 bits per heavy atom. The zero-order valence-electron chi connectivity index (χ0n) is 10.5. The van der Waals surface area contributed by atoms with E-state index in [0.717, 1.165) is 11.1 Å². The molecule has 0 radical (unpaired) electrons. The molecule has 2 N–H and O–H groups in total. The number of phenolic OH excluding ortho intramolecular Hbond substituents is 1. The number of nitrogens with one attached hydrogen (secondary N) is 1. The lowest BCUT2D eigenvalue weighted by Gasteiger charge is -2.10. The summed E-state index contributed by atoms with van der Waals surface area (Å²) in [6.07, 6.45) is 0. The largest absolute Gasteiger partial charge is 0.507 e. The van der Waals surface area contributed by atoms with Crippen molar-refractivity contribution in [3.05, 3.63) is 28.8 Å². The molecule has 94 valence electrons. The number of benzene rings is 1. The van der Waals surface area contributed by atoms with Gasteiger partial charge in [0.15, 0.2) is 0 Å². The number of ether oxygens (including phenoxy) is 1. The minimum absolute atomic E-state index is 0.0545. The summed E-state index contributed by atoms with van der Waals surface area (Å²) in [6, 6.07) is 3.46. The molecule has 0 aliphatic heterocycles. The van der Waals surface area contributed by atoms with Crippen molar-refractivity contribution < 1.29 is 14.6 Å². The highest BCUT2D eigenvalue weighted by Gasteiger charge is 2.13. The van der Waals surface area contributed by atoms with E-state index >= 15 is 0 Å². The predicted molar refractivity (Wildman–Crippen MR) is 66.4 cm³/mol. The monoisotopic (exact) mass is 237 g/mol. The van der Waals surface area contributed by atoms with Gasteiger partial charge in [-0.1, -0.05) is 6.07 Å². The summed E-state index contributed by atoms with van der Waals surface area (Å²) >= 11 is 0. The number of phenols is 1. The Morgan fingerprint density at radius 1 is 1.41 bits per heavy atom. The van der Waals surface area contributed by atoms with Crippen molar-refractivity contribution >= 4 is 5.91 Å². The number of aryl methyl sites for hydroxylation is 1. The third-order valence-electron chi connectivity index (χ3n) is 2.68. The van der Waals surface area contributed by atoms with Crippen LogP contribution in [0.5, 0.6) is 5.75 Å². The second kappa shape index (κ2) is 6.25. The van der Waals surface area contributed by atoms with E-state index in [1.54, 1.807) is 13.0 Å². The van der Waals surface area contributed by atoms with Crippen molar-refractivity contribution in [1.82, 2.24) is 5.32 Å². The maximum absolute atomic E-state index is 11.8. The molecule has 0 spiro atoms. The number of hydrogen-bond donors (Lipinski definition) is 2. The first-order valence-electron chi connectivity index (χ1n) is 5.73. The molecule has 1 rings (SSSR count). The van der Waals surface area contributed by atoms with Crippen LogP contribution in [0.2, 0.25) is 0 Å². The van der Waals surface area contributed by atoms with Gasteiger partial charge < -0.3 is 15.2 Å². The van der Waals surface area contributed by atoms with E-state index in [1.807, 2.05) is 19.9 Å². The van der Waals surface area contributed by atoms with Gasteiger partial charge in [0.1, 0.15) is 5.75 Å². The van der Waals surface area contributed by atoms with Crippen LogP contribution in [0.4, 0.5) is 0 Å². The Balaban J connectivity index is 2.66. The first-order valence-corrected chi connectivity index (χ1v) is 5.73. The second-order valence-electron chi connectivity index (χ2n) is 3.86. The maximum atomic E-state index is 11.8. The Hall–Kier alpha value is -1.55. The molecule has 0 unspecified atom stereocenters. The fraction of sp³-hybridized carbons (Fsp3) is 0.462. The minimum atomic E-state index is -0.273. The van der Waals surface area contributed by atoms with Gasteiger partial charge in [-0.2, -0.15) is 0 Å². The van der Waals surface area contributed by atoms with Crippen molar-refractivity contribution in [3.63, 3.8) is 0 Å². The average Bonchev–Trinajstić information content (AvgIpc) is 2.31. The van der Waals surface area contributed by atoms with Crippen LogP contribution in [0.25, 0.3) is 0 Å². The van der Waals surface area contributed by atoms with Gasteiger partial charge in [-0.25, -0.2) is 0 Å². The molecule has 0 heterocycles. The molecule has 0 saturated heterocycles. The molecule has 0 fully saturated rings. The summed E-state index contributed by atoms with van der Waals surface area (Å²) < 4.78 is 5.12. The Labute approximate surface area is 102 Å². The smallest absolute Gasteiger partial charge is 0.255 e. The van der Waals surface area contributed by atoms with E-state index in [4.69, 9.17) is 4.74 Å². The molecule has 4 nitrogen and oxygen atoms in total. The number of amides is 1. The van der Waals surface area contributed by atoms with Crippen LogP contribution < -0.4 is 5.32 Å². The molecule has 0 saturated carbocycles. The molecule has 17 heavy (non-hydrogen) atoms. The van der Waals surface area contributed by atoms with Gasteiger partial charge in [-0.3, -0.25) is 4.79 Å². The van der Waals surface area contributed by atoms with Gasteiger partial charge in [0.2, 0.25) is 0 Å². The van der Waals surface area contributed by atoms with Gasteiger partial charge in [-0.05, 0) is 38.0 Å². The Kier molecular flexibility index (Phi) is 4.97. The fourth-order valence-corrected chi connectivity index (χ4v) is 1.46. The molecule has 0 aromatic heterocycles. The highest BCUT2D eigenvalue weighted by Crippen LogP contribution is 2.24. The third kappa shape index (κ3) is 3.46. The standard InChI is InChI=1S/C13H19NO3/c1-4-17-8-7-14-13(16)11-6-5-9(2)10(3)12(11)15/h5-6,15H,4,7-8H2,1-3H3,(H,14,16). The minimum Gasteiger partial charge on any atom is -0.507 e. The maximum Gasteiger partial charge on any atom is 0.255 e. The molecular formula is C13H19NO3. The Morgan fingerprint density at radius 2 is 2.12 bits per heavy atom. The van der Waals surface area contributed by atoms with Crippen molar-refractivity contribution in [2.24, 2.45) is 0 Å². The normalized spacial score (nSPS) is 10.3.